The van der Waals surface area contributed by atoms with E-state index < -0.39 is 36.5 Å². The summed E-state index contributed by atoms with van der Waals surface area (Å²) in [7, 11) is 1.53. The van der Waals surface area contributed by atoms with Crippen LogP contribution in [0.5, 0.6) is 5.75 Å². The number of esters is 1. The van der Waals surface area contributed by atoms with Crippen LogP contribution in [-0.4, -0.2) is 64.0 Å². The van der Waals surface area contributed by atoms with Gasteiger partial charge in [0, 0.05) is 12.5 Å². The Morgan fingerprint density at radius 2 is 1.91 bits per heavy atom. The third-order valence-electron chi connectivity index (χ3n) is 3.72. The fourth-order valence-corrected chi connectivity index (χ4v) is 2.38. The standard InChI is InChI=1S/C16H20O7/c1-22-10-4-2-3-9(7-10)5-6-13(18)23-12-8-11(17)14(19)16(21)15(12)20/h2-7,11-12,14-17,19-21H,8H2,1H3/b6-5+/t11-,12-,14+,15+,16-/m1/s1. The van der Waals surface area contributed by atoms with Crippen LogP contribution < -0.4 is 4.74 Å². The van der Waals surface area contributed by atoms with Crippen molar-refractivity contribution >= 4 is 12.0 Å². The number of hydrogen-bond donors (Lipinski definition) is 4. The summed E-state index contributed by atoms with van der Waals surface area (Å²) in [6.45, 7) is 0. The van der Waals surface area contributed by atoms with E-state index in [0.717, 1.165) is 5.56 Å². The highest BCUT2D eigenvalue weighted by atomic mass is 16.6. The van der Waals surface area contributed by atoms with Crippen LogP contribution in [0.15, 0.2) is 30.3 Å². The highest BCUT2D eigenvalue weighted by Crippen LogP contribution is 2.23. The van der Waals surface area contributed by atoms with Crippen LogP contribution in [0.2, 0.25) is 0 Å². The van der Waals surface area contributed by atoms with E-state index >= 15 is 0 Å². The van der Waals surface area contributed by atoms with Crippen molar-refractivity contribution in [3.8, 4) is 5.75 Å². The number of aliphatic hydroxyl groups is 4. The lowest BCUT2D eigenvalue weighted by Crippen LogP contribution is -2.56. The molecule has 1 fully saturated rings. The van der Waals surface area contributed by atoms with E-state index in [1.807, 2.05) is 0 Å². The molecule has 7 nitrogen and oxygen atoms in total. The molecule has 1 aromatic rings. The third-order valence-corrected chi connectivity index (χ3v) is 3.72. The Balaban J connectivity index is 1.97. The van der Waals surface area contributed by atoms with E-state index in [-0.39, 0.29) is 6.42 Å². The summed E-state index contributed by atoms with van der Waals surface area (Å²) in [6, 6.07) is 7.03. The second-order valence-electron chi connectivity index (χ2n) is 5.36. The molecule has 1 aromatic carbocycles. The fourth-order valence-electron chi connectivity index (χ4n) is 2.38. The molecule has 1 aliphatic carbocycles. The molecule has 0 bridgehead atoms. The molecule has 0 heterocycles. The molecule has 0 saturated heterocycles. The number of benzene rings is 1. The van der Waals surface area contributed by atoms with Gasteiger partial charge in [-0.15, -0.1) is 0 Å². The molecule has 0 unspecified atom stereocenters. The van der Waals surface area contributed by atoms with E-state index in [1.54, 1.807) is 24.3 Å². The van der Waals surface area contributed by atoms with Gasteiger partial charge >= 0.3 is 5.97 Å². The third kappa shape index (κ3) is 4.29. The molecule has 1 saturated carbocycles. The first kappa shape index (κ1) is 17.4. The highest BCUT2D eigenvalue weighted by Gasteiger charge is 2.43. The van der Waals surface area contributed by atoms with Crippen molar-refractivity contribution in [2.24, 2.45) is 0 Å². The molecule has 1 aliphatic rings. The molecule has 23 heavy (non-hydrogen) atoms. The van der Waals surface area contributed by atoms with Crippen LogP contribution in [0.1, 0.15) is 12.0 Å². The first-order chi connectivity index (χ1) is 10.9. The maximum absolute atomic E-state index is 11.8. The number of carbonyl (C=O) groups is 1. The summed E-state index contributed by atoms with van der Waals surface area (Å²) in [4.78, 5) is 11.8. The Hall–Kier alpha value is -1.93. The van der Waals surface area contributed by atoms with Crippen molar-refractivity contribution in [3.63, 3.8) is 0 Å². The van der Waals surface area contributed by atoms with E-state index in [0.29, 0.717) is 5.75 Å². The lowest BCUT2D eigenvalue weighted by Gasteiger charge is -2.37. The normalized spacial score (nSPS) is 31.1. The van der Waals surface area contributed by atoms with Crippen LogP contribution in [-0.2, 0) is 9.53 Å². The van der Waals surface area contributed by atoms with Gasteiger partial charge in [0.25, 0.3) is 0 Å². The number of rotatable bonds is 4. The van der Waals surface area contributed by atoms with Crippen LogP contribution >= 0.6 is 0 Å². The Morgan fingerprint density at radius 3 is 2.61 bits per heavy atom. The topological polar surface area (TPSA) is 116 Å². The van der Waals surface area contributed by atoms with Crippen LogP contribution in [0.4, 0.5) is 0 Å². The van der Waals surface area contributed by atoms with Gasteiger partial charge in [-0.1, -0.05) is 12.1 Å². The van der Waals surface area contributed by atoms with Gasteiger partial charge in [-0.2, -0.15) is 0 Å². The summed E-state index contributed by atoms with van der Waals surface area (Å²) in [5, 5.41) is 38.4. The van der Waals surface area contributed by atoms with Crippen molar-refractivity contribution in [2.45, 2.75) is 36.9 Å². The van der Waals surface area contributed by atoms with E-state index in [1.165, 1.54) is 19.3 Å². The lowest BCUT2D eigenvalue weighted by atomic mass is 9.87. The van der Waals surface area contributed by atoms with Crippen molar-refractivity contribution < 1.29 is 34.7 Å². The first-order valence-electron chi connectivity index (χ1n) is 7.17. The largest absolute Gasteiger partial charge is 0.497 e. The van der Waals surface area contributed by atoms with Gasteiger partial charge in [0.1, 0.15) is 30.2 Å². The van der Waals surface area contributed by atoms with Gasteiger partial charge in [0.05, 0.1) is 13.2 Å². The molecule has 2 rings (SSSR count). The first-order valence-corrected chi connectivity index (χ1v) is 7.17. The molecule has 4 N–H and O–H groups in total. The maximum atomic E-state index is 11.8. The zero-order valence-corrected chi connectivity index (χ0v) is 12.6. The summed E-state index contributed by atoms with van der Waals surface area (Å²) in [5.74, 6) is -0.0869. The maximum Gasteiger partial charge on any atom is 0.331 e. The van der Waals surface area contributed by atoms with Crippen LogP contribution in [0, 0.1) is 0 Å². The van der Waals surface area contributed by atoms with Crippen LogP contribution in [0.25, 0.3) is 6.08 Å². The van der Waals surface area contributed by atoms with Crippen LogP contribution in [0.3, 0.4) is 0 Å². The zero-order valence-electron chi connectivity index (χ0n) is 12.6. The van der Waals surface area contributed by atoms with Crippen molar-refractivity contribution in [1.29, 1.82) is 0 Å². The SMILES string of the molecule is COc1cccc(/C=C/C(=O)O[C@@H]2C[C@@H](O)[C@H](O)[C@@H](O)[C@H]2O)c1. The summed E-state index contributed by atoms with van der Waals surface area (Å²) >= 11 is 0. The van der Waals surface area contributed by atoms with Crippen molar-refractivity contribution in [1.82, 2.24) is 0 Å². The Bertz CT molecular complexity index is 571. The van der Waals surface area contributed by atoms with E-state index in [2.05, 4.69) is 0 Å². The van der Waals surface area contributed by atoms with Gasteiger partial charge in [-0.3, -0.25) is 0 Å². The smallest absolute Gasteiger partial charge is 0.331 e. The predicted octanol–water partition coefficient (Wildman–Crippen LogP) is -0.533. The molecule has 7 heteroatoms. The summed E-state index contributed by atoms with van der Waals surface area (Å²) in [5.41, 5.74) is 0.723. The van der Waals surface area contributed by atoms with Gasteiger partial charge in [0.15, 0.2) is 0 Å². The molecule has 5 atom stereocenters. The number of ether oxygens (including phenoxy) is 2. The van der Waals surface area contributed by atoms with Gasteiger partial charge in [-0.25, -0.2) is 4.79 Å². The molecule has 0 spiro atoms. The molecule has 126 valence electrons. The van der Waals surface area contributed by atoms with Gasteiger partial charge in [0.2, 0.25) is 0 Å². The molecule has 0 aliphatic heterocycles. The molecular formula is C16H20O7. The second-order valence-corrected chi connectivity index (χ2v) is 5.36. The number of hydrogen-bond acceptors (Lipinski definition) is 7. The monoisotopic (exact) mass is 324 g/mol. The number of carbonyl (C=O) groups excluding carboxylic acids is 1. The molecule has 0 amide bonds. The van der Waals surface area contributed by atoms with Crippen molar-refractivity contribution in [2.75, 3.05) is 7.11 Å². The van der Waals surface area contributed by atoms with Gasteiger partial charge < -0.3 is 29.9 Å². The number of methoxy groups -OCH3 is 1. The van der Waals surface area contributed by atoms with E-state index in [4.69, 9.17) is 9.47 Å². The minimum atomic E-state index is -1.57. The lowest BCUT2D eigenvalue weighted by molar-refractivity contribution is -0.193. The summed E-state index contributed by atoms with van der Waals surface area (Å²) < 4.78 is 10.1. The molecule has 0 aromatic heterocycles. The minimum Gasteiger partial charge on any atom is -0.497 e. The fraction of sp³-hybridized carbons (Fsp3) is 0.438. The Labute approximate surface area is 133 Å². The number of aliphatic hydroxyl groups excluding tert-OH is 4. The van der Waals surface area contributed by atoms with E-state index in [9.17, 15) is 25.2 Å². The average Bonchev–Trinajstić information content (AvgIpc) is 2.56. The highest BCUT2D eigenvalue weighted by molar-refractivity contribution is 5.87. The average molecular weight is 324 g/mol. The summed E-state index contributed by atoms with van der Waals surface area (Å²) in [6.07, 6.45) is -4.32. The molecular weight excluding hydrogens is 304 g/mol. The Kier molecular flexibility index (Phi) is 5.73. The minimum absolute atomic E-state index is 0.155. The zero-order chi connectivity index (χ0) is 17.0. The molecule has 0 radical (unpaired) electrons. The Morgan fingerprint density at radius 1 is 1.17 bits per heavy atom. The quantitative estimate of drug-likeness (QED) is 0.434. The predicted molar refractivity (Wildman–Crippen MR) is 80.6 cm³/mol. The van der Waals surface area contributed by atoms with Crippen molar-refractivity contribution in [3.05, 3.63) is 35.9 Å². The second kappa shape index (κ2) is 7.56. The van der Waals surface area contributed by atoms with Gasteiger partial charge in [-0.05, 0) is 23.8 Å².